The van der Waals surface area contributed by atoms with E-state index in [1.807, 2.05) is 0 Å². The van der Waals surface area contributed by atoms with Gasteiger partial charge >= 0.3 is 6.09 Å². The molecular weight excluding hydrogens is 393 g/mol. The zero-order valence-corrected chi connectivity index (χ0v) is 16.9. The summed E-state index contributed by atoms with van der Waals surface area (Å²) in [5, 5.41) is 5.17. The van der Waals surface area contributed by atoms with E-state index in [2.05, 4.69) is 10.6 Å². The maximum atomic E-state index is 15.8. The summed E-state index contributed by atoms with van der Waals surface area (Å²) in [5.41, 5.74) is -6.60. The average molecular weight is 416 g/mol. The van der Waals surface area contributed by atoms with Gasteiger partial charge in [-0.2, -0.15) is 0 Å². The second-order valence-electron chi connectivity index (χ2n) is 8.51. The van der Waals surface area contributed by atoms with Crippen molar-refractivity contribution in [2.75, 3.05) is 18.5 Å². The Bertz CT molecular complexity index is 827. The first-order valence-corrected chi connectivity index (χ1v) is 9.27. The van der Waals surface area contributed by atoms with Crippen molar-refractivity contribution in [3.63, 3.8) is 0 Å². The van der Waals surface area contributed by atoms with Crippen LogP contribution in [0.1, 0.15) is 39.7 Å². The molecule has 9 heteroatoms. The summed E-state index contributed by atoms with van der Waals surface area (Å²) in [6, 6.07) is 3.72. The number of halogens is 3. The van der Waals surface area contributed by atoms with E-state index in [0.29, 0.717) is 0 Å². The van der Waals surface area contributed by atoms with Crippen LogP contribution in [0.5, 0.6) is 0 Å². The number of alkyl halides is 2. The lowest BCUT2D eigenvalue weighted by Gasteiger charge is -2.48. The third-order valence-corrected chi connectivity index (χ3v) is 5.43. The van der Waals surface area contributed by atoms with Crippen LogP contribution in [0.2, 0.25) is 0 Å². The van der Waals surface area contributed by atoms with Crippen LogP contribution >= 0.6 is 12.2 Å². The molecule has 3 atom stereocenters. The smallest absolute Gasteiger partial charge is 0.412 e. The first kappa shape index (κ1) is 20.9. The van der Waals surface area contributed by atoms with Gasteiger partial charge in [-0.25, -0.2) is 18.0 Å². The fraction of sp³-hybridized carbons (Fsp3) is 0.579. The van der Waals surface area contributed by atoms with Gasteiger partial charge in [-0.1, -0.05) is 12.2 Å². The summed E-state index contributed by atoms with van der Waals surface area (Å²) >= 11 is 5.07. The number of piperidine rings is 1. The molecule has 1 aromatic rings. The number of benzene rings is 1. The van der Waals surface area contributed by atoms with Gasteiger partial charge in [-0.3, -0.25) is 5.32 Å². The Kier molecular flexibility index (Phi) is 4.91. The quantitative estimate of drug-likeness (QED) is 0.709. The van der Waals surface area contributed by atoms with Gasteiger partial charge in [0.25, 0.3) is 0 Å². The summed E-state index contributed by atoms with van der Waals surface area (Å²) in [4.78, 5) is 11.8. The van der Waals surface area contributed by atoms with E-state index < -0.39 is 47.4 Å². The number of hydrogen-bond acceptors (Lipinski definition) is 4. The number of anilines is 1. The highest BCUT2D eigenvalue weighted by molar-refractivity contribution is 7.80. The monoisotopic (exact) mass is 416 g/mol. The Morgan fingerprint density at radius 3 is 2.64 bits per heavy atom. The van der Waals surface area contributed by atoms with Gasteiger partial charge in [0.2, 0.25) is 0 Å². The van der Waals surface area contributed by atoms with Crippen LogP contribution in [0.3, 0.4) is 0 Å². The highest BCUT2D eigenvalue weighted by atomic mass is 32.1. The van der Waals surface area contributed by atoms with Crippen molar-refractivity contribution in [2.24, 2.45) is 0 Å². The maximum absolute atomic E-state index is 15.8. The van der Waals surface area contributed by atoms with Gasteiger partial charge < -0.3 is 14.8 Å². The largest absolute Gasteiger partial charge is 0.444 e. The lowest BCUT2D eigenvalue weighted by atomic mass is 9.70. The molecule has 2 fully saturated rings. The van der Waals surface area contributed by atoms with Crippen LogP contribution in [-0.2, 0) is 15.0 Å². The van der Waals surface area contributed by atoms with E-state index in [1.165, 1.54) is 19.1 Å². The molecule has 0 spiro atoms. The number of ether oxygens (including phenoxy) is 2. The average Bonchev–Trinajstić information content (AvgIpc) is 2.83. The normalized spacial score (nSPS) is 32.5. The topological polar surface area (TPSA) is 59.6 Å². The van der Waals surface area contributed by atoms with E-state index in [1.54, 1.807) is 20.8 Å². The molecule has 2 N–H and O–H groups in total. The van der Waals surface area contributed by atoms with Crippen molar-refractivity contribution in [2.45, 2.75) is 56.6 Å². The number of amides is 1. The molecule has 0 unspecified atom stereocenters. The van der Waals surface area contributed by atoms with Crippen molar-refractivity contribution < 1.29 is 27.4 Å². The molecule has 0 aliphatic carbocycles. The predicted octanol–water partition coefficient (Wildman–Crippen LogP) is 4.16. The molecule has 0 aromatic heterocycles. The Morgan fingerprint density at radius 1 is 1.32 bits per heavy atom. The number of carbonyl (C=O) groups excluding carboxylic acids is 1. The Labute approximate surface area is 167 Å². The summed E-state index contributed by atoms with van der Waals surface area (Å²) in [5.74, 6) is -0.722. The minimum absolute atomic E-state index is 0.0982. The maximum Gasteiger partial charge on any atom is 0.412 e. The molecule has 0 radical (unpaired) electrons. The van der Waals surface area contributed by atoms with Crippen molar-refractivity contribution >= 4 is 29.0 Å². The highest BCUT2D eigenvalue weighted by Gasteiger charge is 2.66. The Balaban J connectivity index is 1.98. The second-order valence-corrected chi connectivity index (χ2v) is 8.92. The van der Waals surface area contributed by atoms with Crippen molar-refractivity contribution in [1.82, 2.24) is 5.32 Å². The first-order valence-electron chi connectivity index (χ1n) is 8.86. The van der Waals surface area contributed by atoms with Gasteiger partial charge in [0.05, 0.1) is 13.2 Å². The lowest BCUT2D eigenvalue weighted by Crippen LogP contribution is -2.68. The zero-order valence-electron chi connectivity index (χ0n) is 16.1. The molecule has 1 aromatic carbocycles. The van der Waals surface area contributed by atoms with Crippen LogP contribution in [0.4, 0.5) is 23.7 Å². The third-order valence-electron chi connectivity index (χ3n) is 4.90. The van der Waals surface area contributed by atoms with E-state index in [-0.39, 0.29) is 22.8 Å². The van der Waals surface area contributed by atoms with Gasteiger partial charge in [-0.05, 0) is 45.9 Å². The molecule has 3 rings (SSSR count). The van der Waals surface area contributed by atoms with Crippen LogP contribution in [-0.4, -0.2) is 41.2 Å². The number of hydrogen-bond donors (Lipinski definition) is 2. The SMILES string of the molecule is CC(C)(C)OC(=O)Nc1ccc(F)c([C@]23COC[C@@]2(F)C[C@](C)(F)C(=S)N3)c1. The van der Waals surface area contributed by atoms with Crippen molar-refractivity contribution in [1.29, 1.82) is 0 Å². The molecule has 0 bridgehead atoms. The molecule has 1 amide bonds. The molecule has 154 valence electrons. The first-order chi connectivity index (χ1) is 12.8. The number of nitrogens with one attached hydrogen (secondary N) is 2. The summed E-state index contributed by atoms with van der Waals surface area (Å²) < 4.78 is 55.7. The van der Waals surface area contributed by atoms with Crippen molar-refractivity contribution in [3.05, 3.63) is 29.6 Å². The minimum Gasteiger partial charge on any atom is -0.444 e. The van der Waals surface area contributed by atoms with Crippen LogP contribution < -0.4 is 10.6 Å². The van der Waals surface area contributed by atoms with E-state index >= 15 is 4.39 Å². The molecule has 2 aliphatic rings. The van der Waals surface area contributed by atoms with Gasteiger partial charge in [0.15, 0.2) is 11.3 Å². The standard InChI is InChI=1S/C19H23F3N2O3S/c1-16(2,3)27-15(25)23-11-5-6-13(20)12(7-11)19-10-26-9-18(19,22)8-17(4,21)14(28)24-19/h5-7H,8-10H2,1-4H3,(H,23,25)(H,24,28)/t17-,18-,19+/m0/s1. The summed E-state index contributed by atoms with van der Waals surface area (Å²) in [7, 11) is 0. The molecular formula is C19H23F3N2O3S. The summed E-state index contributed by atoms with van der Waals surface area (Å²) in [6.07, 6.45) is -1.30. The Morgan fingerprint density at radius 2 is 2.00 bits per heavy atom. The second kappa shape index (κ2) is 6.59. The number of fused-ring (bicyclic) bond motifs is 1. The highest BCUT2D eigenvalue weighted by Crippen LogP contribution is 2.51. The molecule has 2 saturated heterocycles. The third kappa shape index (κ3) is 3.57. The van der Waals surface area contributed by atoms with E-state index in [0.717, 1.165) is 6.07 Å². The lowest BCUT2D eigenvalue weighted by molar-refractivity contribution is 0.00849. The molecule has 0 saturated carbocycles. The molecule has 5 nitrogen and oxygen atoms in total. The predicted molar refractivity (Wildman–Crippen MR) is 102 cm³/mol. The fourth-order valence-corrected chi connectivity index (χ4v) is 3.88. The molecule has 2 heterocycles. The number of rotatable bonds is 2. The number of thiocarbonyl (C=S) groups is 1. The van der Waals surface area contributed by atoms with Crippen LogP contribution in [0.25, 0.3) is 0 Å². The summed E-state index contributed by atoms with van der Waals surface area (Å²) in [6.45, 7) is 5.67. The fourth-order valence-electron chi connectivity index (χ4n) is 3.64. The van der Waals surface area contributed by atoms with Crippen LogP contribution in [0.15, 0.2) is 18.2 Å². The van der Waals surface area contributed by atoms with Gasteiger partial charge in [0.1, 0.15) is 21.9 Å². The van der Waals surface area contributed by atoms with E-state index in [9.17, 15) is 13.6 Å². The van der Waals surface area contributed by atoms with Gasteiger partial charge in [0, 0.05) is 17.7 Å². The zero-order chi connectivity index (χ0) is 21.0. The molecule has 28 heavy (non-hydrogen) atoms. The molecule has 2 aliphatic heterocycles. The van der Waals surface area contributed by atoms with Crippen molar-refractivity contribution in [3.8, 4) is 0 Å². The van der Waals surface area contributed by atoms with Gasteiger partial charge in [-0.15, -0.1) is 0 Å². The number of carbonyl (C=O) groups is 1. The Hall–Kier alpha value is -1.87. The minimum atomic E-state index is -2.22. The van der Waals surface area contributed by atoms with Crippen LogP contribution in [0, 0.1) is 5.82 Å². The van der Waals surface area contributed by atoms with E-state index in [4.69, 9.17) is 21.7 Å².